The fourth-order valence-electron chi connectivity index (χ4n) is 4.30. The standard InChI is InChI=1S/C20H20ClN3O2/c1-24-8-7-15-16(10-18(22-25)20(23-26)19(15)21)17(11-24)14-6-5-12-3-2-4-13(12)9-14/h5-6,9-10,17H,2-4,7-8,11H2,1H3. The molecule has 5 nitrogen and oxygen atoms in total. The quantitative estimate of drug-likeness (QED) is 0.694. The van der Waals surface area contributed by atoms with Crippen LogP contribution in [-0.4, -0.2) is 25.0 Å². The molecule has 0 N–H and O–H groups in total. The van der Waals surface area contributed by atoms with Gasteiger partial charge < -0.3 is 4.90 Å². The van der Waals surface area contributed by atoms with Crippen LogP contribution in [0.2, 0.25) is 5.02 Å². The average Bonchev–Trinajstić information content (AvgIpc) is 3.05. The third-order valence-corrected chi connectivity index (χ3v) is 6.09. The van der Waals surface area contributed by atoms with E-state index in [1.54, 1.807) is 6.07 Å². The maximum absolute atomic E-state index is 11.3. The minimum atomic E-state index is -0.0438. The van der Waals surface area contributed by atoms with Gasteiger partial charge in [0, 0.05) is 19.0 Å². The zero-order valence-corrected chi connectivity index (χ0v) is 15.4. The van der Waals surface area contributed by atoms with Gasteiger partial charge in [0.05, 0.1) is 5.02 Å². The van der Waals surface area contributed by atoms with Crippen molar-refractivity contribution in [2.75, 3.05) is 20.1 Å². The third-order valence-electron chi connectivity index (χ3n) is 5.68. The summed E-state index contributed by atoms with van der Waals surface area (Å²) >= 11 is 6.47. The van der Waals surface area contributed by atoms with E-state index in [1.807, 2.05) is 0 Å². The van der Waals surface area contributed by atoms with Gasteiger partial charge in [0.2, 0.25) is 0 Å². The molecule has 134 valence electrons. The van der Waals surface area contributed by atoms with Gasteiger partial charge >= 0.3 is 0 Å². The highest BCUT2D eigenvalue weighted by atomic mass is 35.5. The molecular weight excluding hydrogens is 350 g/mol. The van der Waals surface area contributed by atoms with Crippen molar-refractivity contribution in [3.05, 3.63) is 66.9 Å². The zero-order valence-electron chi connectivity index (χ0n) is 14.7. The Morgan fingerprint density at radius 2 is 1.88 bits per heavy atom. The predicted molar refractivity (Wildman–Crippen MR) is 104 cm³/mol. The zero-order chi connectivity index (χ0) is 18.3. The first-order chi connectivity index (χ1) is 12.6. The third kappa shape index (κ3) is 2.85. The molecule has 1 atom stereocenters. The van der Waals surface area contributed by atoms with Gasteiger partial charge in [-0.05, 0) is 77.0 Å². The Kier molecular flexibility index (Phi) is 4.59. The summed E-state index contributed by atoms with van der Waals surface area (Å²) in [6.07, 6.45) is 4.19. The second-order valence-electron chi connectivity index (χ2n) is 7.26. The first-order valence-corrected chi connectivity index (χ1v) is 9.32. The summed E-state index contributed by atoms with van der Waals surface area (Å²) in [5, 5.41) is 6.23. The van der Waals surface area contributed by atoms with Gasteiger partial charge in [-0.15, -0.1) is 9.81 Å². The predicted octanol–water partition coefficient (Wildman–Crippen LogP) is 5.24. The number of likely N-dealkylation sites (N-methyl/N-ethyl adjacent to an activating group) is 1. The minimum absolute atomic E-state index is 0.0273. The van der Waals surface area contributed by atoms with E-state index in [9.17, 15) is 9.81 Å². The second kappa shape index (κ2) is 6.89. The van der Waals surface area contributed by atoms with Gasteiger partial charge in [0.15, 0.2) is 5.69 Å². The van der Waals surface area contributed by atoms with Gasteiger partial charge in [-0.1, -0.05) is 29.8 Å². The lowest BCUT2D eigenvalue weighted by Crippen LogP contribution is -2.24. The summed E-state index contributed by atoms with van der Waals surface area (Å²) in [5.41, 5.74) is 5.95. The summed E-state index contributed by atoms with van der Waals surface area (Å²) in [4.78, 5) is 24.7. The summed E-state index contributed by atoms with van der Waals surface area (Å²) in [6, 6.07) is 8.42. The number of nitroso groups, excluding NO2 is 2. The Morgan fingerprint density at radius 1 is 1.08 bits per heavy atom. The van der Waals surface area contributed by atoms with Crippen LogP contribution in [0.25, 0.3) is 0 Å². The van der Waals surface area contributed by atoms with Crippen LogP contribution in [-0.2, 0) is 19.3 Å². The fourth-order valence-corrected chi connectivity index (χ4v) is 4.64. The molecule has 1 aliphatic heterocycles. The van der Waals surface area contributed by atoms with Crippen LogP contribution in [0.15, 0.2) is 34.6 Å². The molecule has 1 aliphatic carbocycles. The lowest BCUT2D eigenvalue weighted by molar-refractivity contribution is 0.338. The first-order valence-electron chi connectivity index (χ1n) is 8.94. The molecule has 0 fully saturated rings. The summed E-state index contributed by atoms with van der Waals surface area (Å²) in [5.74, 6) is 0.0853. The molecule has 26 heavy (non-hydrogen) atoms. The van der Waals surface area contributed by atoms with Crippen molar-refractivity contribution in [1.82, 2.24) is 4.90 Å². The molecule has 1 heterocycles. The van der Waals surface area contributed by atoms with E-state index in [1.165, 1.54) is 23.1 Å². The molecule has 0 saturated heterocycles. The van der Waals surface area contributed by atoms with Crippen LogP contribution in [0.1, 0.15) is 40.2 Å². The topological polar surface area (TPSA) is 62.1 Å². The van der Waals surface area contributed by atoms with E-state index in [0.29, 0.717) is 6.42 Å². The molecule has 4 rings (SSSR count). The van der Waals surface area contributed by atoms with Crippen LogP contribution in [0.5, 0.6) is 0 Å². The van der Waals surface area contributed by atoms with Gasteiger partial charge in [0.1, 0.15) is 5.69 Å². The molecule has 0 bridgehead atoms. The van der Waals surface area contributed by atoms with Gasteiger partial charge in [-0.2, -0.15) is 0 Å². The number of rotatable bonds is 3. The SMILES string of the molecule is CN1CCc2c(cc(N=O)c(N=O)c2Cl)C(c2ccc3c(c2)CCC3)C1. The number of hydrogen-bond donors (Lipinski definition) is 0. The van der Waals surface area contributed by atoms with Crippen molar-refractivity contribution < 1.29 is 0 Å². The van der Waals surface area contributed by atoms with Crippen LogP contribution >= 0.6 is 11.6 Å². The summed E-state index contributed by atoms with van der Waals surface area (Å²) in [6.45, 7) is 1.66. The smallest absolute Gasteiger partial charge is 0.156 e. The number of aryl methyl sites for hydroxylation is 2. The molecular formula is C20H20ClN3O2. The molecule has 1 unspecified atom stereocenters. The number of hydrogen-bond acceptors (Lipinski definition) is 5. The number of nitrogens with zero attached hydrogens (tertiary/aromatic N) is 3. The first kappa shape index (κ1) is 17.3. The number of fused-ring (bicyclic) bond motifs is 2. The molecule has 0 saturated carbocycles. The van der Waals surface area contributed by atoms with Crippen LogP contribution in [0.3, 0.4) is 0 Å². The number of benzene rings is 2. The Bertz CT molecular complexity index is 897. The van der Waals surface area contributed by atoms with E-state index >= 15 is 0 Å². The van der Waals surface area contributed by atoms with Crippen LogP contribution < -0.4 is 0 Å². The van der Waals surface area contributed by atoms with Crippen molar-refractivity contribution in [2.24, 2.45) is 10.4 Å². The Morgan fingerprint density at radius 3 is 2.65 bits per heavy atom. The van der Waals surface area contributed by atoms with Crippen molar-refractivity contribution in [3.63, 3.8) is 0 Å². The van der Waals surface area contributed by atoms with E-state index in [4.69, 9.17) is 11.6 Å². The molecule has 0 radical (unpaired) electrons. The lowest BCUT2D eigenvalue weighted by atomic mass is 9.86. The van der Waals surface area contributed by atoms with E-state index < -0.39 is 0 Å². The van der Waals surface area contributed by atoms with Crippen molar-refractivity contribution >= 4 is 23.0 Å². The van der Waals surface area contributed by atoms with E-state index in [-0.39, 0.29) is 22.3 Å². The van der Waals surface area contributed by atoms with Crippen LogP contribution in [0, 0.1) is 9.81 Å². The van der Waals surface area contributed by atoms with E-state index in [0.717, 1.165) is 37.1 Å². The van der Waals surface area contributed by atoms with Gasteiger partial charge in [-0.25, -0.2) is 0 Å². The highest BCUT2D eigenvalue weighted by Crippen LogP contribution is 2.45. The maximum atomic E-state index is 11.3. The average molecular weight is 370 g/mol. The highest BCUT2D eigenvalue weighted by Gasteiger charge is 2.28. The number of halogens is 1. The highest BCUT2D eigenvalue weighted by molar-refractivity contribution is 6.34. The molecule has 6 heteroatoms. The fraction of sp³-hybridized carbons (Fsp3) is 0.400. The molecule has 0 spiro atoms. The summed E-state index contributed by atoms with van der Waals surface area (Å²) < 4.78 is 0. The molecule has 0 aromatic heterocycles. The Labute approximate surface area is 157 Å². The Balaban J connectivity index is 1.89. The summed E-state index contributed by atoms with van der Waals surface area (Å²) in [7, 11) is 2.08. The van der Waals surface area contributed by atoms with Gasteiger partial charge in [0.25, 0.3) is 0 Å². The van der Waals surface area contributed by atoms with E-state index in [2.05, 4.69) is 40.5 Å². The largest absolute Gasteiger partial charge is 0.305 e. The minimum Gasteiger partial charge on any atom is -0.305 e. The van der Waals surface area contributed by atoms with Gasteiger partial charge in [-0.3, -0.25) is 0 Å². The molecule has 2 aliphatic rings. The molecule has 2 aromatic rings. The normalized spacial score (nSPS) is 19.5. The molecule has 0 amide bonds. The van der Waals surface area contributed by atoms with Crippen LogP contribution in [0.4, 0.5) is 11.4 Å². The monoisotopic (exact) mass is 369 g/mol. The molecule has 2 aromatic carbocycles. The van der Waals surface area contributed by atoms with Crippen molar-refractivity contribution in [1.29, 1.82) is 0 Å². The lowest BCUT2D eigenvalue weighted by Gasteiger charge is -2.23. The van der Waals surface area contributed by atoms with Crippen molar-refractivity contribution in [3.8, 4) is 0 Å². The second-order valence-corrected chi connectivity index (χ2v) is 7.63. The maximum Gasteiger partial charge on any atom is 0.156 e. The van der Waals surface area contributed by atoms with Crippen molar-refractivity contribution in [2.45, 2.75) is 31.6 Å². The Hall–Kier alpha value is -2.11.